The van der Waals surface area contributed by atoms with E-state index in [0.717, 1.165) is 10.0 Å². The average molecular weight is 316 g/mol. The first-order valence-electron chi connectivity index (χ1n) is 4.76. The fraction of sp³-hybridized carbons (Fsp3) is 0.100. The van der Waals surface area contributed by atoms with Crippen molar-refractivity contribution in [2.24, 2.45) is 0 Å². The second kappa shape index (κ2) is 4.50. The number of nitrogens with zero attached hydrogens (tertiary/aromatic N) is 1. The first-order chi connectivity index (χ1) is 7.99. The summed E-state index contributed by atoms with van der Waals surface area (Å²) in [6.45, 7) is 1.83. The molecular formula is C10H10BrN3O2S. The third-order valence-electron chi connectivity index (χ3n) is 2.20. The number of H-pyrrole nitrogens is 1. The van der Waals surface area contributed by atoms with Gasteiger partial charge in [0.25, 0.3) is 10.0 Å². The van der Waals surface area contributed by atoms with Crippen molar-refractivity contribution >= 4 is 31.6 Å². The number of aromatic nitrogens is 2. The van der Waals surface area contributed by atoms with Gasteiger partial charge in [0.05, 0.1) is 18.2 Å². The summed E-state index contributed by atoms with van der Waals surface area (Å²) in [7, 11) is -3.59. The highest BCUT2D eigenvalue weighted by molar-refractivity contribution is 9.10. The first-order valence-corrected chi connectivity index (χ1v) is 7.04. The molecule has 90 valence electrons. The number of aryl methyl sites for hydroxylation is 1. The van der Waals surface area contributed by atoms with Gasteiger partial charge in [0.1, 0.15) is 0 Å². The Morgan fingerprint density at radius 1 is 1.41 bits per heavy atom. The smallest absolute Gasteiger partial charge is 0.278 e. The third-order valence-corrected chi connectivity index (χ3v) is 3.98. The van der Waals surface area contributed by atoms with Gasteiger partial charge in [0.15, 0.2) is 5.03 Å². The van der Waals surface area contributed by atoms with E-state index in [1.54, 1.807) is 12.1 Å². The third kappa shape index (κ3) is 2.67. The van der Waals surface area contributed by atoms with Crippen LogP contribution in [0.15, 0.2) is 40.2 Å². The molecule has 7 heteroatoms. The second-order valence-electron chi connectivity index (χ2n) is 3.48. The van der Waals surface area contributed by atoms with Crippen molar-refractivity contribution in [3.05, 3.63) is 40.8 Å². The van der Waals surface area contributed by atoms with Crippen LogP contribution in [0.2, 0.25) is 0 Å². The van der Waals surface area contributed by atoms with E-state index in [2.05, 4.69) is 30.6 Å². The van der Waals surface area contributed by atoms with Gasteiger partial charge in [-0.1, -0.05) is 15.9 Å². The molecule has 2 rings (SSSR count). The molecule has 0 radical (unpaired) electrons. The molecule has 0 unspecified atom stereocenters. The minimum atomic E-state index is -3.59. The SMILES string of the molecule is Cc1cc(Br)ccc1NS(=O)(=O)c1cnc[nH]1. The highest BCUT2D eigenvalue weighted by atomic mass is 79.9. The minimum absolute atomic E-state index is 0.0415. The van der Waals surface area contributed by atoms with Crippen molar-refractivity contribution in [2.45, 2.75) is 11.9 Å². The Hall–Kier alpha value is -1.34. The highest BCUT2D eigenvalue weighted by Crippen LogP contribution is 2.22. The zero-order chi connectivity index (χ0) is 12.5. The monoisotopic (exact) mass is 315 g/mol. The number of halogens is 1. The van der Waals surface area contributed by atoms with E-state index >= 15 is 0 Å². The lowest BCUT2D eigenvalue weighted by molar-refractivity contribution is 0.598. The predicted octanol–water partition coefficient (Wildman–Crippen LogP) is 2.28. The number of benzene rings is 1. The van der Waals surface area contributed by atoms with Gasteiger partial charge in [-0.3, -0.25) is 4.72 Å². The number of sulfonamides is 1. The molecular weight excluding hydrogens is 306 g/mol. The van der Waals surface area contributed by atoms with E-state index in [0.29, 0.717) is 5.69 Å². The Bertz CT molecular complexity index is 623. The number of hydrogen-bond donors (Lipinski definition) is 2. The van der Waals surface area contributed by atoms with Crippen molar-refractivity contribution < 1.29 is 8.42 Å². The normalized spacial score (nSPS) is 11.4. The zero-order valence-corrected chi connectivity index (χ0v) is 11.3. The zero-order valence-electron chi connectivity index (χ0n) is 8.94. The van der Waals surface area contributed by atoms with Crippen molar-refractivity contribution in [2.75, 3.05) is 4.72 Å². The van der Waals surface area contributed by atoms with E-state index in [1.165, 1.54) is 12.5 Å². The topological polar surface area (TPSA) is 74.8 Å². The molecule has 5 nitrogen and oxygen atoms in total. The lowest BCUT2D eigenvalue weighted by atomic mass is 10.2. The molecule has 0 saturated carbocycles. The summed E-state index contributed by atoms with van der Waals surface area (Å²) in [5.74, 6) is 0. The molecule has 1 aromatic carbocycles. The summed E-state index contributed by atoms with van der Waals surface area (Å²) in [5.41, 5.74) is 1.38. The Morgan fingerprint density at radius 3 is 2.76 bits per heavy atom. The maximum Gasteiger partial charge on any atom is 0.278 e. The van der Waals surface area contributed by atoms with Gasteiger partial charge in [0.2, 0.25) is 0 Å². The van der Waals surface area contributed by atoms with Crippen LogP contribution in [0.3, 0.4) is 0 Å². The Balaban J connectivity index is 2.33. The molecule has 2 aromatic rings. The van der Waals surface area contributed by atoms with Crippen molar-refractivity contribution in [3.8, 4) is 0 Å². The predicted molar refractivity (Wildman–Crippen MR) is 68.3 cm³/mol. The molecule has 2 N–H and O–H groups in total. The van der Waals surface area contributed by atoms with Crippen LogP contribution in [-0.4, -0.2) is 18.4 Å². The van der Waals surface area contributed by atoms with E-state index in [1.807, 2.05) is 13.0 Å². The molecule has 0 aliphatic rings. The van der Waals surface area contributed by atoms with Gasteiger partial charge < -0.3 is 4.98 Å². The summed E-state index contributed by atoms with van der Waals surface area (Å²) in [4.78, 5) is 6.24. The Labute approximate surface area is 107 Å². The summed E-state index contributed by atoms with van der Waals surface area (Å²) >= 11 is 3.32. The van der Waals surface area contributed by atoms with Gasteiger partial charge in [-0.2, -0.15) is 8.42 Å². The molecule has 0 aliphatic heterocycles. The van der Waals surface area contributed by atoms with Crippen molar-refractivity contribution in [1.82, 2.24) is 9.97 Å². The molecule has 1 heterocycles. The van der Waals surface area contributed by atoms with Crippen LogP contribution in [0.5, 0.6) is 0 Å². The van der Waals surface area contributed by atoms with Crippen molar-refractivity contribution in [1.29, 1.82) is 0 Å². The number of aromatic amines is 1. The largest absolute Gasteiger partial charge is 0.334 e. The fourth-order valence-electron chi connectivity index (χ4n) is 1.33. The van der Waals surface area contributed by atoms with Crippen LogP contribution in [0, 0.1) is 6.92 Å². The van der Waals surface area contributed by atoms with Crippen molar-refractivity contribution in [3.63, 3.8) is 0 Å². The van der Waals surface area contributed by atoms with Crippen LogP contribution in [0.4, 0.5) is 5.69 Å². The molecule has 1 aromatic heterocycles. The molecule has 0 spiro atoms. The summed E-state index contributed by atoms with van der Waals surface area (Å²) < 4.78 is 27.2. The summed E-state index contributed by atoms with van der Waals surface area (Å²) in [5, 5.41) is 0.0415. The number of anilines is 1. The van der Waals surface area contributed by atoms with E-state index in [4.69, 9.17) is 0 Å². The Kier molecular flexibility index (Phi) is 3.21. The highest BCUT2D eigenvalue weighted by Gasteiger charge is 2.16. The fourth-order valence-corrected chi connectivity index (χ4v) is 2.84. The maximum absolute atomic E-state index is 11.9. The second-order valence-corrected chi connectivity index (χ2v) is 6.05. The average Bonchev–Trinajstić information content (AvgIpc) is 2.76. The van der Waals surface area contributed by atoms with Crippen LogP contribution in [0.1, 0.15) is 5.56 Å². The van der Waals surface area contributed by atoms with Crippen LogP contribution >= 0.6 is 15.9 Å². The quantitative estimate of drug-likeness (QED) is 0.912. The van der Waals surface area contributed by atoms with Gasteiger partial charge >= 0.3 is 0 Å². The van der Waals surface area contributed by atoms with Gasteiger partial charge in [-0.15, -0.1) is 0 Å². The number of imidazole rings is 1. The lowest BCUT2D eigenvalue weighted by Gasteiger charge is -2.09. The molecule has 0 aliphatic carbocycles. The maximum atomic E-state index is 11.9. The van der Waals surface area contributed by atoms with Crippen LogP contribution in [-0.2, 0) is 10.0 Å². The van der Waals surface area contributed by atoms with E-state index in [9.17, 15) is 8.42 Å². The van der Waals surface area contributed by atoms with E-state index < -0.39 is 10.0 Å². The van der Waals surface area contributed by atoms with Gasteiger partial charge in [-0.05, 0) is 30.7 Å². The lowest BCUT2D eigenvalue weighted by Crippen LogP contribution is -2.14. The first kappa shape index (κ1) is 12.1. The standard InChI is InChI=1S/C10H10BrN3O2S/c1-7-4-8(11)2-3-9(7)14-17(15,16)10-5-12-6-13-10/h2-6,14H,1H3,(H,12,13). The van der Waals surface area contributed by atoms with Crippen LogP contribution < -0.4 is 4.72 Å². The summed E-state index contributed by atoms with van der Waals surface area (Å²) in [6.07, 6.45) is 2.58. The molecule has 0 amide bonds. The number of hydrogen-bond acceptors (Lipinski definition) is 3. The number of rotatable bonds is 3. The Morgan fingerprint density at radius 2 is 2.18 bits per heavy atom. The van der Waals surface area contributed by atoms with Gasteiger partial charge in [0, 0.05) is 4.47 Å². The molecule has 0 bridgehead atoms. The molecule has 0 fully saturated rings. The molecule has 0 atom stereocenters. The minimum Gasteiger partial charge on any atom is -0.334 e. The van der Waals surface area contributed by atoms with Gasteiger partial charge in [-0.25, -0.2) is 4.98 Å². The number of nitrogens with one attached hydrogen (secondary N) is 2. The van der Waals surface area contributed by atoms with E-state index in [-0.39, 0.29) is 5.03 Å². The summed E-state index contributed by atoms with van der Waals surface area (Å²) in [6, 6.07) is 5.32. The molecule has 17 heavy (non-hydrogen) atoms. The molecule has 0 saturated heterocycles. The van der Waals surface area contributed by atoms with Crippen LogP contribution in [0.25, 0.3) is 0 Å².